The van der Waals surface area contributed by atoms with Crippen molar-refractivity contribution in [3.8, 4) is 5.75 Å². The van der Waals surface area contributed by atoms with Gasteiger partial charge in [0.25, 0.3) is 5.69 Å². The summed E-state index contributed by atoms with van der Waals surface area (Å²) in [5.41, 5.74) is 2.71. The lowest BCUT2D eigenvalue weighted by atomic mass is 10.0. The Bertz CT molecular complexity index is 608. The molecule has 2 aromatic carbocycles. The number of benzene rings is 2. The minimum absolute atomic E-state index is 0.134. The molecule has 0 heterocycles. The molecule has 0 bridgehead atoms. The van der Waals surface area contributed by atoms with Crippen molar-refractivity contribution in [1.82, 2.24) is 0 Å². The molecule has 98 valence electrons. The smallest absolute Gasteiger partial charge is 0.272 e. The molecule has 0 spiro atoms. The van der Waals surface area contributed by atoms with Gasteiger partial charge >= 0.3 is 0 Å². The highest BCUT2D eigenvalue weighted by Crippen LogP contribution is 2.23. The molecule has 0 aliphatic heterocycles. The Hall–Kier alpha value is -2.36. The van der Waals surface area contributed by atoms with Crippen LogP contribution in [0.5, 0.6) is 5.75 Å². The fourth-order valence-electron chi connectivity index (χ4n) is 2.08. The van der Waals surface area contributed by atoms with Crippen molar-refractivity contribution in [2.45, 2.75) is 19.8 Å². The summed E-state index contributed by atoms with van der Waals surface area (Å²) in [7, 11) is 0. The molecular formula is C15H15NO3. The van der Waals surface area contributed by atoms with E-state index in [1.165, 1.54) is 6.07 Å². The predicted octanol–water partition coefficient (Wildman–Crippen LogP) is 3.39. The molecule has 0 unspecified atom stereocenters. The van der Waals surface area contributed by atoms with Gasteiger partial charge < -0.3 is 5.11 Å². The maximum Gasteiger partial charge on any atom is 0.272 e. The fourth-order valence-corrected chi connectivity index (χ4v) is 2.08. The maximum absolute atomic E-state index is 10.9. The summed E-state index contributed by atoms with van der Waals surface area (Å²) in [5.74, 6) is 0.240. The number of rotatable bonds is 4. The average molecular weight is 257 g/mol. The van der Waals surface area contributed by atoms with Gasteiger partial charge in [-0.2, -0.15) is 0 Å². The van der Waals surface area contributed by atoms with Crippen LogP contribution in [0.3, 0.4) is 0 Å². The zero-order valence-electron chi connectivity index (χ0n) is 10.7. The quantitative estimate of drug-likeness (QED) is 0.674. The molecule has 0 radical (unpaired) electrons. The molecule has 0 atom stereocenters. The molecule has 0 fully saturated rings. The number of nitrogens with zero attached hydrogens (tertiary/aromatic N) is 1. The molecule has 1 N–H and O–H groups in total. The monoisotopic (exact) mass is 257 g/mol. The second-order valence-corrected chi connectivity index (χ2v) is 4.52. The number of aromatic hydroxyl groups is 1. The number of aryl methyl sites for hydroxylation is 3. The number of hydrogen-bond acceptors (Lipinski definition) is 3. The first-order valence-corrected chi connectivity index (χ1v) is 6.08. The van der Waals surface area contributed by atoms with Gasteiger partial charge in [-0.3, -0.25) is 10.1 Å². The lowest BCUT2D eigenvalue weighted by Gasteiger charge is -2.06. The normalized spacial score (nSPS) is 10.4. The lowest BCUT2D eigenvalue weighted by molar-refractivity contribution is -0.385. The summed E-state index contributed by atoms with van der Waals surface area (Å²) in [4.78, 5) is 10.5. The van der Waals surface area contributed by atoms with Crippen molar-refractivity contribution in [3.05, 3.63) is 69.3 Å². The minimum atomic E-state index is -0.370. The maximum atomic E-state index is 10.9. The van der Waals surface area contributed by atoms with Crippen LogP contribution in [0.2, 0.25) is 0 Å². The lowest BCUT2D eigenvalue weighted by Crippen LogP contribution is -1.98. The van der Waals surface area contributed by atoms with Crippen LogP contribution in [0, 0.1) is 17.0 Å². The summed E-state index contributed by atoms with van der Waals surface area (Å²) in [6.07, 6.45) is 1.12. The number of nitro groups is 1. The van der Waals surface area contributed by atoms with Gasteiger partial charge in [0.05, 0.1) is 4.92 Å². The first-order valence-electron chi connectivity index (χ1n) is 6.08. The highest BCUT2D eigenvalue weighted by molar-refractivity contribution is 5.42. The highest BCUT2D eigenvalue weighted by Gasteiger charge is 2.12. The standard InChI is InChI=1S/C15H15NO3/c1-11-6-9-15(17)13(10-11)8-7-12-4-2-3-5-14(12)16(18)19/h2-6,9-10,17H,7-8H2,1H3. The summed E-state index contributed by atoms with van der Waals surface area (Å²) < 4.78 is 0. The Morgan fingerprint density at radius 3 is 2.53 bits per heavy atom. The van der Waals surface area contributed by atoms with Crippen LogP contribution in [-0.2, 0) is 12.8 Å². The van der Waals surface area contributed by atoms with Crippen LogP contribution >= 0.6 is 0 Å². The van der Waals surface area contributed by atoms with Gasteiger partial charge in [0.2, 0.25) is 0 Å². The van der Waals surface area contributed by atoms with Crippen molar-refractivity contribution in [2.24, 2.45) is 0 Å². The van der Waals surface area contributed by atoms with Gasteiger partial charge in [0.15, 0.2) is 0 Å². The van der Waals surface area contributed by atoms with Crippen molar-refractivity contribution in [2.75, 3.05) is 0 Å². The molecule has 4 heteroatoms. The molecule has 0 aromatic heterocycles. The van der Waals surface area contributed by atoms with E-state index in [4.69, 9.17) is 0 Å². The molecule has 2 aromatic rings. The van der Waals surface area contributed by atoms with Crippen molar-refractivity contribution in [1.29, 1.82) is 0 Å². The van der Waals surface area contributed by atoms with Crippen LogP contribution in [0.1, 0.15) is 16.7 Å². The molecule has 19 heavy (non-hydrogen) atoms. The third kappa shape index (κ3) is 3.10. The summed E-state index contributed by atoms with van der Waals surface area (Å²) in [6.45, 7) is 1.95. The second-order valence-electron chi connectivity index (χ2n) is 4.52. The number of nitro benzene ring substituents is 1. The van der Waals surface area contributed by atoms with Gasteiger partial charge in [-0.15, -0.1) is 0 Å². The van der Waals surface area contributed by atoms with Crippen molar-refractivity contribution < 1.29 is 10.0 Å². The van der Waals surface area contributed by atoms with E-state index in [-0.39, 0.29) is 16.4 Å². The first kappa shape index (κ1) is 13.1. The summed E-state index contributed by atoms with van der Waals surface area (Å²) >= 11 is 0. The van der Waals surface area contributed by atoms with Crippen LogP contribution in [0.15, 0.2) is 42.5 Å². The van der Waals surface area contributed by atoms with Gasteiger partial charge in [0, 0.05) is 11.6 Å². The van der Waals surface area contributed by atoms with Crippen molar-refractivity contribution in [3.63, 3.8) is 0 Å². The Kier molecular flexibility index (Phi) is 3.80. The summed E-state index contributed by atoms with van der Waals surface area (Å²) in [6, 6.07) is 12.1. The predicted molar refractivity (Wildman–Crippen MR) is 73.3 cm³/mol. The van der Waals surface area contributed by atoms with E-state index in [1.807, 2.05) is 19.1 Å². The van der Waals surface area contributed by atoms with E-state index in [0.29, 0.717) is 18.4 Å². The van der Waals surface area contributed by atoms with Gasteiger partial charge in [-0.05, 0) is 31.4 Å². The molecule has 2 rings (SSSR count). The molecule has 0 amide bonds. The Balaban J connectivity index is 2.19. The van der Waals surface area contributed by atoms with Gasteiger partial charge in [0.1, 0.15) is 5.75 Å². The first-order chi connectivity index (χ1) is 9.08. The third-order valence-corrected chi connectivity index (χ3v) is 3.09. The minimum Gasteiger partial charge on any atom is -0.508 e. The molecule has 0 aliphatic carbocycles. The van der Waals surface area contributed by atoms with E-state index in [0.717, 1.165) is 11.1 Å². The van der Waals surface area contributed by atoms with Crippen molar-refractivity contribution >= 4 is 5.69 Å². The fraction of sp³-hybridized carbons (Fsp3) is 0.200. The number of para-hydroxylation sites is 1. The SMILES string of the molecule is Cc1ccc(O)c(CCc2ccccc2[N+](=O)[O-])c1. The van der Waals surface area contributed by atoms with Gasteiger partial charge in [-0.1, -0.05) is 35.9 Å². The van der Waals surface area contributed by atoms with Crippen LogP contribution in [-0.4, -0.2) is 10.0 Å². The molecule has 0 aliphatic rings. The second kappa shape index (κ2) is 5.52. The molecule has 0 saturated carbocycles. The van der Waals surface area contributed by atoms with E-state index in [1.54, 1.807) is 24.3 Å². The number of phenols is 1. The number of phenolic OH excluding ortho intramolecular Hbond substituents is 1. The van der Waals surface area contributed by atoms with Crippen LogP contribution < -0.4 is 0 Å². The third-order valence-electron chi connectivity index (χ3n) is 3.09. The van der Waals surface area contributed by atoms with E-state index >= 15 is 0 Å². The molecule has 0 saturated heterocycles. The molecular weight excluding hydrogens is 242 g/mol. The molecule has 4 nitrogen and oxygen atoms in total. The zero-order chi connectivity index (χ0) is 13.8. The average Bonchev–Trinajstić information content (AvgIpc) is 2.40. The Morgan fingerprint density at radius 2 is 1.79 bits per heavy atom. The van der Waals surface area contributed by atoms with E-state index < -0.39 is 0 Å². The van der Waals surface area contributed by atoms with Crippen LogP contribution in [0.4, 0.5) is 5.69 Å². The Labute approximate surface area is 111 Å². The summed E-state index contributed by atoms with van der Waals surface area (Å²) in [5, 5.41) is 20.7. The van der Waals surface area contributed by atoms with E-state index in [2.05, 4.69) is 0 Å². The largest absolute Gasteiger partial charge is 0.508 e. The number of hydrogen-bond donors (Lipinski definition) is 1. The Morgan fingerprint density at radius 1 is 1.11 bits per heavy atom. The zero-order valence-corrected chi connectivity index (χ0v) is 10.7. The van der Waals surface area contributed by atoms with Gasteiger partial charge in [-0.25, -0.2) is 0 Å². The highest BCUT2D eigenvalue weighted by atomic mass is 16.6. The van der Waals surface area contributed by atoms with E-state index in [9.17, 15) is 15.2 Å². The van der Waals surface area contributed by atoms with Crippen LogP contribution in [0.25, 0.3) is 0 Å². The topological polar surface area (TPSA) is 63.4 Å².